The molecule has 0 aliphatic carbocycles. The maximum Gasteiger partial charge on any atom is 0.227 e. The monoisotopic (exact) mass is 436 g/mol. The van der Waals surface area contributed by atoms with Crippen molar-refractivity contribution in [3.05, 3.63) is 54.1 Å². The molecule has 2 aliphatic rings. The van der Waals surface area contributed by atoms with Gasteiger partial charge in [-0.2, -0.15) is 0 Å². The fourth-order valence-corrected chi connectivity index (χ4v) is 4.81. The predicted molar refractivity (Wildman–Crippen MR) is 133 cm³/mol. The molecule has 4 rings (SSSR count). The Bertz CT molecular complexity index is 929. The predicted octanol–water partition coefficient (Wildman–Crippen LogP) is 5.10. The minimum absolute atomic E-state index is 0.0951. The Morgan fingerprint density at radius 2 is 1.90 bits per heavy atom. The lowest BCUT2D eigenvalue weighted by Gasteiger charge is -2.33. The number of carbonyl (C=O) groups is 1. The lowest BCUT2D eigenvalue weighted by molar-refractivity contribution is -0.117. The van der Waals surface area contributed by atoms with Crippen molar-refractivity contribution in [3.8, 4) is 0 Å². The van der Waals surface area contributed by atoms with E-state index in [4.69, 9.17) is 12.2 Å². The van der Waals surface area contributed by atoms with Crippen LogP contribution in [0.5, 0.6) is 0 Å². The Hall–Kier alpha value is -2.60. The third-order valence-electron chi connectivity index (χ3n) is 6.25. The topological polar surface area (TPSA) is 47.6 Å². The van der Waals surface area contributed by atoms with Gasteiger partial charge in [-0.05, 0) is 80.2 Å². The largest absolute Gasteiger partial charge is 0.371 e. The molecule has 2 fully saturated rings. The number of nitrogens with one attached hydrogen (secondary N) is 2. The van der Waals surface area contributed by atoms with E-state index in [2.05, 4.69) is 53.6 Å². The summed E-state index contributed by atoms with van der Waals surface area (Å²) in [7, 11) is 0. The number of thiocarbonyl (C=S) groups is 1. The molecule has 0 aromatic heterocycles. The summed E-state index contributed by atoms with van der Waals surface area (Å²) < 4.78 is 0. The molecule has 0 unspecified atom stereocenters. The number of carbonyl (C=O) groups excluding carboxylic acids is 1. The number of rotatable bonds is 5. The molecule has 0 saturated carbocycles. The van der Waals surface area contributed by atoms with Crippen molar-refractivity contribution in [2.24, 2.45) is 5.92 Å². The molecule has 5 nitrogen and oxygen atoms in total. The van der Waals surface area contributed by atoms with Crippen LogP contribution in [0.2, 0.25) is 0 Å². The Morgan fingerprint density at radius 3 is 2.61 bits per heavy atom. The quantitative estimate of drug-likeness (QED) is 0.639. The van der Waals surface area contributed by atoms with Crippen molar-refractivity contribution in [2.75, 3.05) is 34.8 Å². The molecule has 0 spiro atoms. The molecule has 0 radical (unpaired) electrons. The van der Waals surface area contributed by atoms with Crippen LogP contribution in [0.25, 0.3) is 0 Å². The van der Waals surface area contributed by atoms with E-state index in [0.29, 0.717) is 11.5 Å². The Labute approximate surface area is 190 Å². The highest BCUT2D eigenvalue weighted by atomic mass is 32.1. The second kappa shape index (κ2) is 9.69. The molecule has 2 N–H and O–H groups in total. The van der Waals surface area contributed by atoms with Crippen LogP contribution < -0.4 is 20.4 Å². The number of piperidine rings is 1. The van der Waals surface area contributed by atoms with Gasteiger partial charge >= 0.3 is 0 Å². The van der Waals surface area contributed by atoms with Crippen LogP contribution in [-0.2, 0) is 4.79 Å². The van der Waals surface area contributed by atoms with Crippen LogP contribution in [-0.4, -0.2) is 30.7 Å². The smallest absolute Gasteiger partial charge is 0.227 e. The highest BCUT2D eigenvalue weighted by Gasteiger charge is 2.22. The maximum atomic E-state index is 12.0. The Morgan fingerprint density at radius 1 is 1.10 bits per heavy atom. The summed E-state index contributed by atoms with van der Waals surface area (Å²) in [5, 5.41) is 7.21. The van der Waals surface area contributed by atoms with E-state index in [1.807, 2.05) is 29.2 Å². The summed E-state index contributed by atoms with van der Waals surface area (Å²) in [4.78, 5) is 16.3. The zero-order valence-corrected chi connectivity index (χ0v) is 19.3. The van der Waals surface area contributed by atoms with Gasteiger partial charge in [-0.15, -0.1) is 0 Å². The second-order valence-corrected chi connectivity index (χ2v) is 9.21. The van der Waals surface area contributed by atoms with Crippen molar-refractivity contribution in [3.63, 3.8) is 0 Å². The molecule has 2 aliphatic heterocycles. The zero-order chi connectivity index (χ0) is 21.8. The number of amides is 1. The van der Waals surface area contributed by atoms with Gasteiger partial charge < -0.3 is 20.4 Å². The van der Waals surface area contributed by atoms with E-state index in [0.717, 1.165) is 43.3 Å². The molecule has 2 aromatic carbocycles. The number of hydrogen-bond acceptors (Lipinski definition) is 3. The van der Waals surface area contributed by atoms with Crippen LogP contribution in [0, 0.1) is 5.92 Å². The maximum absolute atomic E-state index is 12.0. The lowest BCUT2D eigenvalue weighted by atomic mass is 9.99. The minimum atomic E-state index is 0.0951. The van der Waals surface area contributed by atoms with Gasteiger partial charge in [0, 0.05) is 43.1 Å². The molecular weight excluding hydrogens is 404 g/mol. The van der Waals surface area contributed by atoms with Gasteiger partial charge in [0.25, 0.3) is 0 Å². The van der Waals surface area contributed by atoms with Crippen molar-refractivity contribution in [1.82, 2.24) is 5.32 Å². The van der Waals surface area contributed by atoms with E-state index in [1.165, 1.54) is 24.1 Å². The standard InChI is InChI=1S/C25H32N4OS/c1-18-6-4-14-28(17-18)22-12-10-20(11-13-22)19(2)26-25(31)27-21-7-3-8-23(16-21)29-15-5-9-24(29)30/h3,7-8,10-13,16,18-19H,4-6,9,14-15,17H2,1-2H3,(H2,26,27,31)/t18-,19-/m0/s1. The average Bonchev–Trinajstić information content (AvgIpc) is 3.20. The van der Waals surface area contributed by atoms with E-state index in [9.17, 15) is 4.79 Å². The third kappa shape index (κ3) is 5.37. The van der Waals surface area contributed by atoms with Crippen LogP contribution >= 0.6 is 12.2 Å². The molecule has 2 aromatic rings. The van der Waals surface area contributed by atoms with Gasteiger partial charge in [0.05, 0.1) is 6.04 Å². The van der Waals surface area contributed by atoms with Gasteiger partial charge in [-0.1, -0.05) is 25.1 Å². The number of benzene rings is 2. The van der Waals surface area contributed by atoms with Crippen LogP contribution in [0.1, 0.15) is 51.1 Å². The summed E-state index contributed by atoms with van der Waals surface area (Å²) in [6, 6.07) is 16.8. The fraction of sp³-hybridized carbons (Fsp3) is 0.440. The summed E-state index contributed by atoms with van der Waals surface area (Å²) in [6.45, 7) is 7.52. The third-order valence-corrected chi connectivity index (χ3v) is 6.47. The van der Waals surface area contributed by atoms with E-state index in [1.54, 1.807) is 0 Å². The van der Waals surface area contributed by atoms with Crippen LogP contribution in [0.15, 0.2) is 48.5 Å². The Kier molecular flexibility index (Phi) is 6.76. The number of anilines is 3. The molecule has 0 bridgehead atoms. The van der Waals surface area contributed by atoms with Crippen molar-refractivity contribution in [1.29, 1.82) is 0 Å². The first-order chi connectivity index (χ1) is 15.0. The molecule has 2 heterocycles. The van der Waals surface area contributed by atoms with Gasteiger partial charge in [0.1, 0.15) is 0 Å². The SMILES string of the molecule is C[C@H]1CCCN(c2ccc([C@H](C)NC(=S)Nc3cccc(N4CCCC4=O)c3)cc2)C1. The summed E-state index contributed by atoms with van der Waals surface area (Å²) in [6.07, 6.45) is 4.15. The second-order valence-electron chi connectivity index (χ2n) is 8.80. The van der Waals surface area contributed by atoms with Gasteiger partial charge in [0.2, 0.25) is 5.91 Å². The summed E-state index contributed by atoms with van der Waals surface area (Å²) in [5.41, 5.74) is 4.31. The summed E-state index contributed by atoms with van der Waals surface area (Å²) >= 11 is 5.54. The van der Waals surface area contributed by atoms with Crippen LogP contribution in [0.4, 0.5) is 17.1 Å². The normalized spacial score (nSPS) is 19.9. The molecule has 2 atom stereocenters. The molecule has 164 valence electrons. The van der Waals surface area contributed by atoms with E-state index in [-0.39, 0.29) is 11.9 Å². The van der Waals surface area contributed by atoms with Crippen molar-refractivity contribution < 1.29 is 4.79 Å². The van der Waals surface area contributed by atoms with Crippen molar-refractivity contribution in [2.45, 2.75) is 45.6 Å². The van der Waals surface area contributed by atoms with E-state index >= 15 is 0 Å². The molecule has 2 saturated heterocycles. The molecule has 31 heavy (non-hydrogen) atoms. The first-order valence-electron chi connectivity index (χ1n) is 11.3. The summed E-state index contributed by atoms with van der Waals surface area (Å²) in [5.74, 6) is 0.952. The zero-order valence-electron chi connectivity index (χ0n) is 18.4. The minimum Gasteiger partial charge on any atom is -0.371 e. The van der Waals surface area contributed by atoms with Crippen LogP contribution in [0.3, 0.4) is 0 Å². The molecule has 1 amide bonds. The number of nitrogens with zero attached hydrogens (tertiary/aromatic N) is 2. The van der Waals surface area contributed by atoms with E-state index < -0.39 is 0 Å². The van der Waals surface area contributed by atoms with Gasteiger partial charge in [0.15, 0.2) is 5.11 Å². The first-order valence-corrected chi connectivity index (χ1v) is 11.7. The molecule has 6 heteroatoms. The highest BCUT2D eigenvalue weighted by molar-refractivity contribution is 7.80. The number of hydrogen-bond donors (Lipinski definition) is 2. The Balaban J connectivity index is 1.34. The highest BCUT2D eigenvalue weighted by Crippen LogP contribution is 2.26. The fourth-order valence-electron chi connectivity index (χ4n) is 4.52. The van der Waals surface area contributed by atoms with Gasteiger partial charge in [-0.3, -0.25) is 4.79 Å². The first kappa shape index (κ1) is 21.6. The lowest BCUT2D eigenvalue weighted by Crippen LogP contribution is -2.34. The average molecular weight is 437 g/mol. The van der Waals surface area contributed by atoms with Crippen molar-refractivity contribution >= 4 is 40.3 Å². The molecular formula is C25H32N4OS. The van der Waals surface area contributed by atoms with Gasteiger partial charge in [-0.25, -0.2) is 0 Å².